The third-order valence-electron chi connectivity index (χ3n) is 1.54. The van der Waals surface area contributed by atoms with Gasteiger partial charge in [0.1, 0.15) is 0 Å². The summed E-state index contributed by atoms with van der Waals surface area (Å²) in [4.78, 5) is 6.37. The van der Waals surface area contributed by atoms with Crippen LogP contribution in [-0.2, 0) is 4.84 Å². The van der Waals surface area contributed by atoms with Crippen LogP contribution in [-0.4, -0.2) is 6.61 Å². The topological polar surface area (TPSA) is 21.3 Å². The lowest BCUT2D eigenvalue weighted by atomic mass is 10.4. The van der Waals surface area contributed by atoms with Crippen LogP contribution in [0.2, 0.25) is 0 Å². The number of hydroxylamine groups is 1. The van der Waals surface area contributed by atoms with E-state index in [0.717, 1.165) is 19.4 Å². The van der Waals surface area contributed by atoms with Crippen LogP contribution in [0.25, 0.3) is 6.08 Å². The van der Waals surface area contributed by atoms with E-state index >= 15 is 0 Å². The quantitative estimate of drug-likeness (QED) is 0.559. The molecule has 0 spiro atoms. The average Bonchev–Trinajstić information content (AvgIpc) is 2.63. The summed E-state index contributed by atoms with van der Waals surface area (Å²) in [6, 6.07) is 4.09. The normalized spacial score (nSPS) is 10.8. The Morgan fingerprint density at radius 3 is 3.23 bits per heavy atom. The molecule has 0 aliphatic heterocycles. The fraction of sp³-hybridized carbons (Fsp3) is 0.400. The van der Waals surface area contributed by atoms with Gasteiger partial charge in [0.15, 0.2) is 0 Å². The van der Waals surface area contributed by atoms with E-state index in [1.807, 2.05) is 18.3 Å². The standard InChI is InChI=1S/C10H15NOS/c1-2-3-8-12-11-7-6-10-5-4-9-13-10/h4-7,9,11H,2-3,8H2,1H3. The lowest BCUT2D eigenvalue weighted by Gasteiger charge is -1.99. The van der Waals surface area contributed by atoms with Gasteiger partial charge in [-0.1, -0.05) is 19.4 Å². The number of rotatable bonds is 6. The number of nitrogens with one attached hydrogen (secondary N) is 1. The smallest absolute Gasteiger partial charge is 0.0745 e. The lowest BCUT2D eigenvalue weighted by molar-refractivity contribution is 0.0696. The zero-order valence-electron chi connectivity index (χ0n) is 7.82. The Kier molecular flexibility index (Phi) is 5.29. The molecule has 0 aliphatic rings. The highest BCUT2D eigenvalue weighted by atomic mass is 32.1. The molecule has 0 bridgehead atoms. The van der Waals surface area contributed by atoms with E-state index in [-0.39, 0.29) is 0 Å². The molecule has 1 rings (SSSR count). The van der Waals surface area contributed by atoms with Crippen LogP contribution in [0.1, 0.15) is 24.6 Å². The van der Waals surface area contributed by atoms with Crippen molar-refractivity contribution in [2.45, 2.75) is 19.8 Å². The number of thiophene rings is 1. The van der Waals surface area contributed by atoms with Gasteiger partial charge in [0.05, 0.1) is 6.61 Å². The van der Waals surface area contributed by atoms with Crippen molar-refractivity contribution in [3.63, 3.8) is 0 Å². The molecule has 0 saturated heterocycles. The Morgan fingerprint density at radius 2 is 2.54 bits per heavy atom. The Hall–Kier alpha value is -0.800. The van der Waals surface area contributed by atoms with Crippen LogP contribution in [0.15, 0.2) is 23.7 Å². The van der Waals surface area contributed by atoms with Crippen LogP contribution in [0.3, 0.4) is 0 Å². The molecule has 3 heteroatoms. The molecule has 1 heterocycles. The largest absolute Gasteiger partial charge is 0.277 e. The number of unbranched alkanes of at least 4 members (excludes halogenated alkanes) is 1. The van der Waals surface area contributed by atoms with Crippen LogP contribution >= 0.6 is 11.3 Å². The molecule has 0 atom stereocenters. The molecule has 0 aromatic carbocycles. The molecule has 0 fully saturated rings. The molecule has 1 aromatic heterocycles. The van der Waals surface area contributed by atoms with Crippen molar-refractivity contribution in [2.75, 3.05) is 6.61 Å². The van der Waals surface area contributed by atoms with Crippen molar-refractivity contribution in [1.82, 2.24) is 5.48 Å². The average molecular weight is 197 g/mol. The van der Waals surface area contributed by atoms with Crippen molar-refractivity contribution in [3.8, 4) is 0 Å². The van der Waals surface area contributed by atoms with Gasteiger partial charge in [-0.25, -0.2) is 0 Å². The van der Waals surface area contributed by atoms with Crippen molar-refractivity contribution in [3.05, 3.63) is 28.6 Å². The molecular formula is C10H15NOS. The minimum atomic E-state index is 0.769. The Bertz CT molecular complexity index is 231. The van der Waals surface area contributed by atoms with Gasteiger partial charge in [-0.15, -0.1) is 11.3 Å². The summed E-state index contributed by atoms with van der Waals surface area (Å²) in [5.74, 6) is 0. The van der Waals surface area contributed by atoms with E-state index in [0.29, 0.717) is 0 Å². The van der Waals surface area contributed by atoms with Crippen molar-refractivity contribution in [2.24, 2.45) is 0 Å². The summed E-state index contributed by atoms with van der Waals surface area (Å²) in [5, 5.41) is 2.05. The van der Waals surface area contributed by atoms with Crippen LogP contribution in [0.5, 0.6) is 0 Å². The third-order valence-corrected chi connectivity index (χ3v) is 2.38. The number of hydrogen-bond donors (Lipinski definition) is 1. The van der Waals surface area contributed by atoms with Gasteiger partial charge in [0.2, 0.25) is 0 Å². The molecule has 0 amide bonds. The molecule has 1 aromatic rings. The summed E-state index contributed by atoms with van der Waals surface area (Å²) >= 11 is 1.71. The molecule has 0 unspecified atom stereocenters. The monoisotopic (exact) mass is 197 g/mol. The van der Waals surface area contributed by atoms with Crippen molar-refractivity contribution in [1.29, 1.82) is 0 Å². The second-order valence-electron chi connectivity index (χ2n) is 2.67. The van der Waals surface area contributed by atoms with Gasteiger partial charge in [0.25, 0.3) is 0 Å². The summed E-state index contributed by atoms with van der Waals surface area (Å²) < 4.78 is 0. The molecule has 0 aliphatic carbocycles. The minimum Gasteiger partial charge on any atom is -0.277 e. The summed E-state index contributed by atoms with van der Waals surface area (Å²) in [6.45, 7) is 2.91. The van der Waals surface area contributed by atoms with Gasteiger partial charge in [0, 0.05) is 11.1 Å². The first-order valence-corrected chi connectivity index (χ1v) is 5.39. The van der Waals surface area contributed by atoms with Crippen LogP contribution in [0.4, 0.5) is 0 Å². The first-order valence-electron chi connectivity index (χ1n) is 4.51. The third kappa shape index (κ3) is 4.70. The van der Waals surface area contributed by atoms with E-state index in [9.17, 15) is 0 Å². The fourth-order valence-electron chi connectivity index (χ4n) is 0.826. The number of hydrogen-bond acceptors (Lipinski definition) is 3. The predicted octanol–water partition coefficient (Wildman–Crippen LogP) is 3.04. The minimum absolute atomic E-state index is 0.769. The fourth-order valence-corrected chi connectivity index (χ4v) is 1.44. The van der Waals surface area contributed by atoms with Gasteiger partial charge >= 0.3 is 0 Å². The lowest BCUT2D eigenvalue weighted by Crippen LogP contribution is -2.06. The van der Waals surface area contributed by atoms with Crippen molar-refractivity contribution >= 4 is 17.4 Å². The first-order chi connectivity index (χ1) is 6.43. The molecule has 0 saturated carbocycles. The van der Waals surface area contributed by atoms with Crippen molar-refractivity contribution < 1.29 is 4.84 Å². The van der Waals surface area contributed by atoms with Gasteiger partial charge in [-0.05, 0) is 23.9 Å². The van der Waals surface area contributed by atoms with Gasteiger partial charge in [-0.2, -0.15) is 0 Å². The molecular weight excluding hydrogens is 182 g/mol. The Balaban J connectivity index is 2.05. The maximum absolute atomic E-state index is 5.14. The van der Waals surface area contributed by atoms with E-state index in [1.165, 1.54) is 4.88 Å². The zero-order valence-corrected chi connectivity index (χ0v) is 8.64. The molecule has 1 N–H and O–H groups in total. The maximum atomic E-state index is 5.14. The highest BCUT2D eigenvalue weighted by molar-refractivity contribution is 7.10. The molecule has 0 radical (unpaired) electrons. The highest BCUT2D eigenvalue weighted by Gasteiger charge is 1.84. The molecule has 13 heavy (non-hydrogen) atoms. The van der Waals surface area contributed by atoms with E-state index in [4.69, 9.17) is 4.84 Å². The second-order valence-corrected chi connectivity index (χ2v) is 3.65. The van der Waals surface area contributed by atoms with Crippen LogP contribution in [0, 0.1) is 0 Å². The molecule has 72 valence electrons. The summed E-state index contributed by atoms with van der Waals surface area (Å²) in [6.07, 6.45) is 6.08. The predicted molar refractivity (Wildman–Crippen MR) is 57.3 cm³/mol. The SMILES string of the molecule is CCCCONC=Cc1cccs1. The zero-order chi connectivity index (χ0) is 9.36. The van der Waals surface area contributed by atoms with Gasteiger partial charge in [-0.3, -0.25) is 10.3 Å². The first kappa shape index (κ1) is 10.3. The van der Waals surface area contributed by atoms with E-state index < -0.39 is 0 Å². The van der Waals surface area contributed by atoms with Crippen LogP contribution < -0.4 is 5.48 Å². The van der Waals surface area contributed by atoms with E-state index in [2.05, 4.69) is 23.9 Å². The Labute approximate surface area is 83.2 Å². The Morgan fingerprint density at radius 1 is 1.62 bits per heavy atom. The maximum Gasteiger partial charge on any atom is 0.0745 e. The highest BCUT2D eigenvalue weighted by Crippen LogP contribution is 2.09. The summed E-state index contributed by atoms with van der Waals surface area (Å²) in [7, 11) is 0. The van der Waals surface area contributed by atoms with Gasteiger partial charge < -0.3 is 0 Å². The van der Waals surface area contributed by atoms with E-state index in [1.54, 1.807) is 11.3 Å². The summed E-state index contributed by atoms with van der Waals surface area (Å²) in [5.41, 5.74) is 2.78. The second kappa shape index (κ2) is 6.69. The molecule has 2 nitrogen and oxygen atoms in total.